The third-order valence-electron chi connectivity index (χ3n) is 9.08. The third-order valence-corrected chi connectivity index (χ3v) is 11.1. The molecule has 0 atom stereocenters. The summed E-state index contributed by atoms with van der Waals surface area (Å²) in [7, 11) is 0.379. The number of fused-ring (bicyclic) bond motifs is 6. The molecule has 0 radical (unpaired) electrons. The lowest BCUT2D eigenvalue weighted by Crippen LogP contribution is -2.41. The molecule has 1 aromatic carbocycles. The van der Waals surface area contributed by atoms with Crippen LogP contribution in [0, 0.1) is 12.8 Å². The lowest BCUT2D eigenvalue weighted by molar-refractivity contribution is -0.193. The van der Waals surface area contributed by atoms with Crippen molar-refractivity contribution in [1.82, 2.24) is 33.7 Å². The summed E-state index contributed by atoms with van der Waals surface area (Å²) < 4.78 is 128. The van der Waals surface area contributed by atoms with Crippen molar-refractivity contribution in [1.29, 1.82) is 0 Å². The summed E-state index contributed by atoms with van der Waals surface area (Å²) in [5.74, 6) is -4.73. The van der Waals surface area contributed by atoms with Crippen molar-refractivity contribution in [3.8, 4) is 0 Å². The molecule has 0 aliphatic carbocycles. The van der Waals surface area contributed by atoms with Gasteiger partial charge < -0.3 is 20.1 Å². The summed E-state index contributed by atoms with van der Waals surface area (Å²) in [5, 5.41) is 7.16. The summed E-state index contributed by atoms with van der Waals surface area (Å²) in [4.78, 5) is 47.8. The van der Waals surface area contributed by atoms with E-state index < -0.39 is 46.4 Å². The SMILES string of the molecule is Cc1nc(S(=O)(=O)N2CCC(CN(C)Cc3ccc4cc3CCc3cncc(c3)Nc3ncc(Cl)c(n3)N4)CC2)cn1C.O=C(C(=O)C(F)(F)F)C(F)(F)F.O=CC(F)(F)F. The van der Waals surface area contributed by atoms with Gasteiger partial charge in [-0.1, -0.05) is 17.7 Å². The zero-order chi connectivity index (χ0) is 45.5. The topological polar surface area (TPSA) is 172 Å². The number of nitrogens with zero attached hydrogens (tertiary/aromatic N) is 7. The number of sulfonamides is 1. The predicted molar refractivity (Wildman–Crippen MR) is 202 cm³/mol. The van der Waals surface area contributed by atoms with E-state index in [0.717, 1.165) is 55.7 Å². The second kappa shape index (κ2) is 19.7. The third kappa shape index (κ3) is 13.9. The van der Waals surface area contributed by atoms with Gasteiger partial charge >= 0.3 is 30.1 Å². The second-order valence-electron chi connectivity index (χ2n) is 13.8. The van der Waals surface area contributed by atoms with Crippen LogP contribution in [-0.4, -0.2) is 105 Å². The molecule has 1 saturated heterocycles. The minimum Gasteiger partial charge on any atom is -0.339 e. The Bertz CT molecular complexity index is 2270. The number of aldehydes is 1. The second-order valence-corrected chi connectivity index (χ2v) is 16.1. The van der Waals surface area contributed by atoms with Gasteiger partial charge in [-0.15, -0.1) is 0 Å². The van der Waals surface area contributed by atoms with Gasteiger partial charge in [0.2, 0.25) is 12.2 Å². The van der Waals surface area contributed by atoms with Crippen molar-refractivity contribution >= 4 is 62.6 Å². The van der Waals surface area contributed by atoms with Gasteiger partial charge in [0.25, 0.3) is 10.0 Å². The molecule has 61 heavy (non-hydrogen) atoms. The van der Waals surface area contributed by atoms with Crippen LogP contribution in [-0.2, 0) is 50.8 Å². The number of benzene rings is 1. The molecule has 3 aromatic heterocycles. The molecule has 25 heteroatoms. The van der Waals surface area contributed by atoms with E-state index in [-0.39, 0.29) is 5.03 Å². The number of ketones is 2. The zero-order valence-corrected chi connectivity index (χ0v) is 33.9. The van der Waals surface area contributed by atoms with E-state index in [4.69, 9.17) is 16.4 Å². The van der Waals surface area contributed by atoms with E-state index in [1.165, 1.54) is 11.1 Å². The molecular formula is C36H37ClF9N9O5S. The fraction of sp³-hybridized carbons (Fsp3) is 0.417. The highest BCUT2D eigenvalue weighted by molar-refractivity contribution is 7.89. The Balaban J connectivity index is 0.000000382. The van der Waals surface area contributed by atoms with Crippen LogP contribution in [0.4, 0.5) is 62.7 Å². The van der Waals surface area contributed by atoms with Crippen LogP contribution >= 0.6 is 11.6 Å². The number of hydrogen-bond acceptors (Lipinski definition) is 12. The molecule has 14 nitrogen and oxygen atoms in total. The highest BCUT2D eigenvalue weighted by Gasteiger charge is 2.54. The molecule has 0 amide bonds. The Labute approximate surface area is 347 Å². The Morgan fingerprint density at radius 3 is 2.10 bits per heavy atom. The number of hydrogen-bond donors (Lipinski definition) is 2. The van der Waals surface area contributed by atoms with E-state index >= 15 is 0 Å². The fourth-order valence-corrected chi connectivity index (χ4v) is 7.64. The molecule has 1 fully saturated rings. The number of imidazole rings is 1. The predicted octanol–water partition coefficient (Wildman–Crippen LogP) is 6.68. The van der Waals surface area contributed by atoms with Crippen LogP contribution in [0.2, 0.25) is 5.02 Å². The zero-order valence-electron chi connectivity index (χ0n) is 32.3. The average molecular weight is 914 g/mol. The van der Waals surface area contributed by atoms with Crippen molar-refractivity contribution in [2.45, 2.75) is 62.7 Å². The standard InChI is InChI=1S/C30H36ClN9O2S.C4F6O2.C2HF3O/c1-20-34-28(19-39(20)3)43(41,42)40-10-8-21(9-11-40)17-38(2)18-24-6-7-25-13-23(24)5-4-22-12-26(15-32-14-22)36-30-33-16-27(31)29(35-25)37-30;5-3(6,7)1(11)2(12)4(8,9)10;3-2(4,5)1-6/h6-7,12-16,19,21H,4-5,8-11,17-18H2,1-3H3,(H2,33,35,36,37);;1H. The van der Waals surface area contributed by atoms with Crippen LogP contribution < -0.4 is 10.6 Å². The number of carbonyl (C=O) groups is 3. The summed E-state index contributed by atoms with van der Waals surface area (Å²) in [5.41, 5.74) is 5.36. The molecule has 0 spiro atoms. The number of anilines is 4. The molecular weight excluding hydrogens is 877 g/mol. The highest BCUT2D eigenvalue weighted by Crippen LogP contribution is 2.30. The largest absolute Gasteiger partial charge is 0.458 e. The van der Waals surface area contributed by atoms with Crippen LogP contribution in [0.1, 0.15) is 35.4 Å². The smallest absolute Gasteiger partial charge is 0.339 e. The number of carbonyl (C=O) groups excluding carboxylic acids is 3. The number of alkyl halides is 9. The summed E-state index contributed by atoms with van der Waals surface area (Å²) in [6.45, 7) is 4.52. The molecule has 332 valence electrons. The van der Waals surface area contributed by atoms with E-state index in [1.54, 1.807) is 27.5 Å². The van der Waals surface area contributed by atoms with Crippen LogP contribution in [0.15, 0.2) is 54.1 Å². The highest BCUT2D eigenvalue weighted by atomic mass is 35.5. The number of aromatic nitrogens is 5. The molecule has 2 aliphatic heterocycles. The molecule has 4 aromatic rings. The van der Waals surface area contributed by atoms with Gasteiger partial charge in [-0.25, -0.2) is 18.4 Å². The number of piperidine rings is 1. The van der Waals surface area contributed by atoms with Crippen molar-refractivity contribution in [2.24, 2.45) is 13.0 Å². The minimum atomic E-state index is -5.77. The Morgan fingerprint density at radius 2 is 1.54 bits per heavy atom. The van der Waals surface area contributed by atoms with Gasteiger partial charge in [0, 0.05) is 51.3 Å². The van der Waals surface area contributed by atoms with Gasteiger partial charge in [0.1, 0.15) is 10.8 Å². The summed E-state index contributed by atoms with van der Waals surface area (Å²) in [6, 6.07) is 8.47. The number of aryl methyl sites for hydroxylation is 4. The number of nitrogens with one attached hydrogen (secondary N) is 2. The molecule has 5 heterocycles. The number of Topliss-reactive ketones (excluding diaryl/α,β-unsaturated/α-hetero) is 2. The minimum absolute atomic E-state index is 0.135. The lowest BCUT2D eigenvalue weighted by atomic mass is 9.96. The van der Waals surface area contributed by atoms with Crippen LogP contribution in [0.5, 0.6) is 0 Å². The quantitative estimate of drug-likeness (QED) is 0.115. The van der Waals surface area contributed by atoms with Crippen LogP contribution in [0.25, 0.3) is 0 Å². The Hall–Kier alpha value is -5.20. The van der Waals surface area contributed by atoms with E-state index in [2.05, 4.69) is 66.8 Å². The molecule has 2 aliphatic rings. The monoisotopic (exact) mass is 913 g/mol. The lowest BCUT2D eigenvalue weighted by Gasteiger charge is -2.33. The molecule has 6 bridgehead atoms. The number of pyridine rings is 1. The Morgan fingerprint density at radius 1 is 0.918 bits per heavy atom. The maximum absolute atomic E-state index is 13.1. The number of rotatable bonds is 7. The van der Waals surface area contributed by atoms with Gasteiger partial charge in [0.15, 0.2) is 10.8 Å². The van der Waals surface area contributed by atoms with E-state index in [9.17, 15) is 57.5 Å². The van der Waals surface area contributed by atoms with E-state index in [1.807, 2.05) is 20.2 Å². The van der Waals surface area contributed by atoms with Gasteiger partial charge in [0.05, 0.1) is 18.1 Å². The molecule has 6 rings (SSSR count). The molecule has 0 saturated carbocycles. The van der Waals surface area contributed by atoms with Crippen molar-refractivity contribution in [2.75, 3.05) is 37.3 Å². The fourth-order valence-electron chi connectivity index (χ4n) is 6.01. The van der Waals surface area contributed by atoms with Crippen molar-refractivity contribution in [3.05, 3.63) is 76.6 Å². The van der Waals surface area contributed by atoms with Crippen molar-refractivity contribution < 1.29 is 62.3 Å². The average Bonchev–Trinajstić information content (AvgIpc) is 3.53. The first kappa shape index (κ1) is 48.5. The summed E-state index contributed by atoms with van der Waals surface area (Å²) in [6.07, 6.45) is -7.07. The first-order valence-electron chi connectivity index (χ1n) is 17.8. The molecule has 0 unspecified atom stereocenters. The van der Waals surface area contributed by atoms with E-state index in [0.29, 0.717) is 41.6 Å². The van der Waals surface area contributed by atoms with Gasteiger partial charge in [-0.05, 0) is 80.5 Å². The van der Waals surface area contributed by atoms with Crippen LogP contribution in [0.3, 0.4) is 0 Å². The van der Waals surface area contributed by atoms with Gasteiger partial charge in [-0.2, -0.15) is 48.8 Å². The van der Waals surface area contributed by atoms with Crippen molar-refractivity contribution in [3.63, 3.8) is 0 Å². The summed E-state index contributed by atoms with van der Waals surface area (Å²) >= 11 is 6.42. The first-order chi connectivity index (χ1) is 28.3. The van der Waals surface area contributed by atoms with Gasteiger partial charge in [-0.3, -0.25) is 19.4 Å². The maximum atomic E-state index is 13.1. The normalized spacial score (nSPS) is 15.0. The number of halogens is 10. The maximum Gasteiger partial charge on any atom is 0.458 e. The molecule has 2 N–H and O–H groups in total. The Kier molecular flexibility index (Phi) is 15.6. The first-order valence-corrected chi connectivity index (χ1v) is 19.6.